The first-order valence-corrected chi connectivity index (χ1v) is 7.42. The third-order valence-electron chi connectivity index (χ3n) is 3.68. The van der Waals surface area contributed by atoms with Gasteiger partial charge in [-0.3, -0.25) is 15.1 Å². The average Bonchev–Trinajstić information content (AvgIpc) is 2.59. The van der Waals surface area contributed by atoms with E-state index < -0.39 is 4.92 Å². The molecule has 1 N–H and O–H groups in total. The van der Waals surface area contributed by atoms with E-state index in [0.29, 0.717) is 22.1 Å². The predicted molar refractivity (Wildman–Crippen MR) is 91.5 cm³/mol. The Bertz CT molecular complexity index is 851. The van der Waals surface area contributed by atoms with Crippen LogP contribution in [0.1, 0.15) is 11.1 Å². The number of fused-ring (bicyclic) bond motifs is 1. The van der Waals surface area contributed by atoms with Crippen LogP contribution >= 0.6 is 11.6 Å². The van der Waals surface area contributed by atoms with Crippen molar-refractivity contribution in [2.75, 3.05) is 19.5 Å². The number of hydrogen-bond donors (Lipinski definition) is 1. The molecule has 0 bridgehead atoms. The summed E-state index contributed by atoms with van der Waals surface area (Å²) < 4.78 is 10.4. The lowest BCUT2D eigenvalue weighted by molar-refractivity contribution is -0.386. The molecule has 2 aromatic carbocycles. The largest absolute Gasteiger partial charge is 0.493 e. The van der Waals surface area contributed by atoms with E-state index in [9.17, 15) is 10.1 Å². The zero-order valence-electron chi connectivity index (χ0n) is 13.0. The second kappa shape index (κ2) is 6.37. The van der Waals surface area contributed by atoms with E-state index in [0.717, 1.165) is 5.56 Å². The zero-order valence-corrected chi connectivity index (χ0v) is 13.8. The Morgan fingerprint density at radius 3 is 2.71 bits per heavy atom. The molecule has 0 fully saturated rings. The zero-order chi connectivity index (χ0) is 17.3. The number of aliphatic imine (C=N–C) groups is 1. The van der Waals surface area contributed by atoms with E-state index in [1.54, 1.807) is 18.2 Å². The summed E-state index contributed by atoms with van der Waals surface area (Å²) in [5.74, 6) is 0.957. The van der Waals surface area contributed by atoms with Gasteiger partial charge in [0.1, 0.15) is 5.84 Å². The van der Waals surface area contributed by atoms with E-state index in [4.69, 9.17) is 21.1 Å². The van der Waals surface area contributed by atoms with Crippen molar-refractivity contribution in [2.45, 2.75) is 6.54 Å². The molecule has 0 unspecified atom stereocenters. The van der Waals surface area contributed by atoms with Gasteiger partial charge in [0.05, 0.1) is 36.9 Å². The van der Waals surface area contributed by atoms with Gasteiger partial charge in [-0.1, -0.05) is 23.7 Å². The predicted octanol–water partition coefficient (Wildman–Crippen LogP) is 3.64. The number of halogens is 1. The molecule has 124 valence electrons. The van der Waals surface area contributed by atoms with Gasteiger partial charge in [0.2, 0.25) is 5.75 Å². The van der Waals surface area contributed by atoms with Crippen LogP contribution in [-0.2, 0) is 6.54 Å². The highest BCUT2D eigenvalue weighted by atomic mass is 35.5. The van der Waals surface area contributed by atoms with Crippen LogP contribution in [-0.4, -0.2) is 25.0 Å². The fraction of sp³-hybridized carbons (Fsp3) is 0.188. The van der Waals surface area contributed by atoms with E-state index in [-0.39, 0.29) is 23.7 Å². The van der Waals surface area contributed by atoms with E-state index >= 15 is 0 Å². The molecule has 2 aromatic rings. The van der Waals surface area contributed by atoms with Crippen LogP contribution < -0.4 is 14.8 Å². The molecule has 1 heterocycles. The third-order valence-corrected chi connectivity index (χ3v) is 3.91. The molecule has 0 spiro atoms. The molecule has 3 rings (SSSR count). The van der Waals surface area contributed by atoms with Crippen LogP contribution in [0, 0.1) is 10.1 Å². The number of hydrogen-bond acceptors (Lipinski definition) is 6. The summed E-state index contributed by atoms with van der Waals surface area (Å²) in [5, 5.41) is 15.2. The molecular formula is C16H14ClN3O4. The number of anilines is 1. The molecule has 0 aromatic heterocycles. The third kappa shape index (κ3) is 2.74. The summed E-state index contributed by atoms with van der Waals surface area (Å²) in [6.45, 7) is 0.154. The second-order valence-corrected chi connectivity index (χ2v) is 5.48. The molecule has 0 saturated carbocycles. The molecule has 1 aliphatic rings. The number of nitro benzene ring substituents is 1. The molecule has 0 atom stereocenters. The lowest BCUT2D eigenvalue weighted by Gasteiger charge is -2.21. The minimum Gasteiger partial charge on any atom is -0.493 e. The highest BCUT2D eigenvalue weighted by Crippen LogP contribution is 2.45. The minimum absolute atomic E-state index is 0.0875. The molecule has 7 nitrogen and oxygen atoms in total. The number of benzene rings is 2. The second-order valence-electron chi connectivity index (χ2n) is 5.04. The van der Waals surface area contributed by atoms with Gasteiger partial charge in [0, 0.05) is 16.7 Å². The number of rotatable bonds is 4. The van der Waals surface area contributed by atoms with Crippen molar-refractivity contribution in [1.29, 1.82) is 0 Å². The van der Waals surface area contributed by atoms with Gasteiger partial charge < -0.3 is 14.8 Å². The average molecular weight is 348 g/mol. The lowest BCUT2D eigenvalue weighted by atomic mass is 10.1. The first-order valence-electron chi connectivity index (χ1n) is 7.04. The molecule has 0 amide bonds. The van der Waals surface area contributed by atoms with E-state index in [1.165, 1.54) is 14.2 Å². The first-order chi connectivity index (χ1) is 11.5. The molecular weight excluding hydrogens is 334 g/mol. The van der Waals surface area contributed by atoms with E-state index in [2.05, 4.69) is 10.3 Å². The number of ether oxygens (including phenoxy) is 2. The molecule has 0 radical (unpaired) electrons. The van der Waals surface area contributed by atoms with Crippen LogP contribution in [0.5, 0.6) is 11.5 Å². The van der Waals surface area contributed by atoms with Gasteiger partial charge in [0.15, 0.2) is 5.75 Å². The maximum Gasteiger partial charge on any atom is 0.321 e. The quantitative estimate of drug-likeness (QED) is 0.674. The Balaban J connectivity index is 2.10. The van der Waals surface area contributed by atoms with Crippen LogP contribution in [0.3, 0.4) is 0 Å². The Morgan fingerprint density at radius 1 is 1.29 bits per heavy atom. The summed E-state index contributed by atoms with van der Waals surface area (Å²) in [4.78, 5) is 15.4. The normalized spacial score (nSPS) is 12.7. The highest BCUT2D eigenvalue weighted by molar-refractivity contribution is 6.31. The number of nitro groups is 1. The Hall–Kier alpha value is -2.80. The van der Waals surface area contributed by atoms with Crippen molar-refractivity contribution in [1.82, 2.24) is 0 Å². The monoisotopic (exact) mass is 347 g/mol. The van der Waals surface area contributed by atoms with Crippen LogP contribution in [0.25, 0.3) is 0 Å². The van der Waals surface area contributed by atoms with Crippen molar-refractivity contribution < 1.29 is 14.4 Å². The minimum atomic E-state index is -0.484. The topological polar surface area (TPSA) is 86.0 Å². The molecule has 1 aliphatic heterocycles. The Labute approximate surface area is 143 Å². The summed E-state index contributed by atoms with van der Waals surface area (Å²) >= 11 is 6.01. The van der Waals surface area contributed by atoms with Crippen molar-refractivity contribution in [2.24, 2.45) is 4.99 Å². The van der Waals surface area contributed by atoms with Gasteiger partial charge in [-0.05, 0) is 12.1 Å². The van der Waals surface area contributed by atoms with Crippen molar-refractivity contribution in [3.05, 3.63) is 56.6 Å². The first kappa shape index (κ1) is 16.1. The van der Waals surface area contributed by atoms with Gasteiger partial charge >= 0.3 is 5.69 Å². The fourth-order valence-corrected chi connectivity index (χ4v) is 2.79. The number of methoxy groups -OCH3 is 2. The lowest BCUT2D eigenvalue weighted by Crippen LogP contribution is -2.20. The maximum atomic E-state index is 11.5. The van der Waals surface area contributed by atoms with Crippen molar-refractivity contribution in [3.63, 3.8) is 0 Å². The molecule has 0 saturated heterocycles. The van der Waals surface area contributed by atoms with Gasteiger partial charge in [-0.15, -0.1) is 0 Å². The highest BCUT2D eigenvalue weighted by Gasteiger charge is 2.30. The number of nitrogens with one attached hydrogen (secondary N) is 1. The summed E-state index contributed by atoms with van der Waals surface area (Å²) in [6.07, 6.45) is 0. The summed E-state index contributed by atoms with van der Waals surface area (Å²) in [7, 11) is 2.80. The van der Waals surface area contributed by atoms with Gasteiger partial charge in [-0.2, -0.15) is 0 Å². The van der Waals surface area contributed by atoms with E-state index in [1.807, 2.05) is 12.1 Å². The SMILES string of the molecule is COc1cc2c(c([N+](=O)[O-])c1OC)CN=C(c1cccc(Cl)c1)N2. The van der Waals surface area contributed by atoms with Crippen LogP contribution in [0.4, 0.5) is 11.4 Å². The Kier molecular flexibility index (Phi) is 4.26. The number of amidine groups is 1. The fourth-order valence-electron chi connectivity index (χ4n) is 2.60. The summed E-state index contributed by atoms with van der Waals surface area (Å²) in [6, 6.07) is 8.88. The van der Waals surface area contributed by atoms with Crippen LogP contribution in [0.2, 0.25) is 5.02 Å². The van der Waals surface area contributed by atoms with Crippen LogP contribution in [0.15, 0.2) is 35.3 Å². The van der Waals surface area contributed by atoms with Gasteiger partial charge in [-0.25, -0.2) is 0 Å². The van der Waals surface area contributed by atoms with Crippen molar-refractivity contribution >= 4 is 28.8 Å². The summed E-state index contributed by atoms with van der Waals surface area (Å²) in [5.41, 5.74) is 1.66. The van der Waals surface area contributed by atoms with Crippen molar-refractivity contribution in [3.8, 4) is 11.5 Å². The maximum absolute atomic E-state index is 11.5. The molecule has 0 aliphatic carbocycles. The van der Waals surface area contributed by atoms with Gasteiger partial charge in [0.25, 0.3) is 0 Å². The number of nitrogens with zero attached hydrogens (tertiary/aromatic N) is 2. The molecule has 8 heteroatoms. The Morgan fingerprint density at radius 2 is 2.08 bits per heavy atom. The molecule has 24 heavy (non-hydrogen) atoms. The smallest absolute Gasteiger partial charge is 0.321 e. The standard InChI is InChI=1S/C16H14ClN3O4/c1-23-13-7-12-11(14(20(21)22)15(13)24-2)8-18-16(19-12)9-4-3-5-10(17)6-9/h3-7H,8H2,1-2H3,(H,18,19).